The minimum absolute atomic E-state index is 0.166. The molecule has 2 rings (SSSR count). The fourth-order valence-electron chi connectivity index (χ4n) is 2.79. The van der Waals surface area contributed by atoms with Crippen LogP contribution in [0.2, 0.25) is 0 Å². The maximum Gasteiger partial charge on any atom is 0.135 e. The molecule has 1 aromatic rings. The van der Waals surface area contributed by atoms with E-state index in [4.69, 9.17) is 10.2 Å². The van der Waals surface area contributed by atoms with Crippen LogP contribution in [0.1, 0.15) is 49.5 Å². The van der Waals surface area contributed by atoms with E-state index >= 15 is 0 Å². The molecule has 1 saturated carbocycles. The Morgan fingerprint density at radius 3 is 2.62 bits per heavy atom. The largest absolute Gasteiger partial charge is 0.466 e. The second-order valence-corrected chi connectivity index (χ2v) is 5.00. The summed E-state index contributed by atoms with van der Waals surface area (Å²) in [5.74, 6) is 0.701. The zero-order valence-electron chi connectivity index (χ0n) is 9.91. The molecule has 0 aliphatic heterocycles. The predicted octanol–water partition coefficient (Wildman–Crippen LogP) is 2.53. The summed E-state index contributed by atoms with van der Waals surface area (Å²) in [4.78, 5) is 0. The molecule has 3 heteroatoms. The van der Waals surface area contributed by atoms with Crippen molar-refractivity contribution in [2.24, 2.45) is 11.1 Å². The van der Waals surface area contributed by atoms with Gasteiger partial charge in [-0.2, -0.15) is 0 Å². The molecule has 0 aromatic carbocycles. The molecule has 3 nitrogen and oxygen atoms in total. The molecule has 16 heavy (non-hydrogen) atoms. The summed E-state index contributed by atoms with van der Waals surface area (Å²) in [5, 5.41) is 10.5. The van der Waals surface area contributed by atoms with Gasteiger partial charge in [0.05, 0.1) is 6.26 Å². The van der Waals surface area contributed by atoms with Gasteiger partial charge in [0, 0.05) is 12.0 Å². The Hall–Kier alpha value is -0.800. The number of rotatable bonds is 3. The summed E-state index contributed by atoms with van der Waals surface area (Å²) >= 11 is 0. The van der Waals surface area contributed by atoms with E-state index in [0.29, 0.717) is 12.3 Å². The Kier molecular flexibility index (Phi) is 3.36. The van der Waals surface area contributed by atoms with Crippen molar-refractivity contribution in [3.8, 4) is 0 Å². The Bertz CT molecular complexity index is 339. The number of nitrogens with two attached hydrogens (primary N) is 1. The van der Waals surface area contributed by atoms with Gasteiger partial charge in [-0.05, 0) is 31.4 Å². The topological polar surface area (TPSA) is 59.4 Å². The van der Waals surface area contributed by atoms with E-state index in [-0.39, 0.29) is 5.41 Å². The Morgan fingerprint density at radius 1 is 1.44 bits per heavy atom. The third-order valence-corrected chi connectivity index (χ3v) is 3.99. The van der Waals surface area contributed by atoms with Crippen molar-refractivity contribution in [2.45, 2.75) is 45.1 Å². The SMILES string of the molecule is Cc1ccoc1C(O)C1(CN)CCCCC1. The molecule has 1 unspecified atom stereocenters. The smallest absolute Gasteiger partial charge is 0.135 e. The number of furan rings is 1. The zero-order valence-corrected chi connectivity index (χ0v) is 9.91. The standard InChI is InChI=1S/C13H21NO2/c1-10-5-8-16-11(10)12(15)13(9-14)6-3-2-4-7-13/h5,8,12,15H,2-4,6-7,9,14H2,1H3. The van der Waals surface area contributed by atoms with Crippen molar-refractivity contribution >= 4 is 0 Å². The van der Waals surface area contributed by atoms with Crippen molar-refractivity contribution in [2.75, 3.05) is 6.54 Å². The molecular weight excluding hydrogens is 202 g/mol. The molecule has 1 atom stereocenters. The summed E-state index contributed by atoms with van der Waals surface area (Å²) in [6.45, 7) is 2.50. The molecule has 1 aliphatic rings. The second kappa shape index (κ2) is 4.60. The molecule has 90 valence electrons. The van der Waals surface area contributed by atoms with Crippen LogP contribution in [-0.2, 0) is 0 Å². The quantitative estimate of drug-likeness (QED) is 0.827. The first kappa shape index (κ1) is 11.7. The van der Waals surface area contributed by atoms with Gasteiger partial charge in [0.15, 0.2) is 0 Å². The van der Waals surface area contributed by atoms with Crippen LogP contribution in [0.25, 0.3) is 0 Å². The highest BCUT2D eigenvalue weighted by Gasteiger charge is 2.40. The van der Waals surface area contributed by atoms with Gasteiger partial charge in [0.25, 0.3) is 0 Å². The lowest BCUT2D eigenvalue weighted by Crippen LogP contribution is -2.38. The van der Waals surface area contributed by atoms with Gasteiger partial charge >= 0.3 is 0 Å². The second-order valence-electron chi connectivity index (χ2n) is 5.00. The molecule has 1 heterocycles. The lowest BCUT2D eigenvalue weighted by molar-refractivity contribution is -0.0136. The van der Waals surface area contributed by atoms with Gasteiger partial charge in [0.2, 0.25) is 0 Å². The van der Waals surface area contributed by atoms with Crippen molar-refractivity contribution < 1.29 is 9.52 Å². The van der Waals surface area contributed by atoms with Crippen molar-refractivity contribution in [3.63, 3.8) is 0 Å². The third-order valence-electron chi connectivity index (χ3n) is 3.99. The average Bonchev–Trinajstić information content (AvgIpc) is 2.75. The van der Waals surface area contributed by atoms with Gasteiger partial charge in [-0.1, -0.05) is 19.3 Å². The van der Waals surface area contributed by atoms with Crippen molar-refractivity contribution in [3.05, 3.63) is 23.7 Å². The van der Waals surface area contributed by atoms with E-state index in [2.05, 4.69) is 0 Å². The highest BCUT2D eigenvalue weighted by atomic mass is 16.4. The van der Waals surface area contributed by atoms with Crippen LogP contribution in [0.15, 0.2) is 16.7 Å². The number of aryl methyl sites for hydroxylation is 1. The fourth-order valence-corrected chi connectivity index (χ4v) is 2.79. The maximum atomic E-state index is 10.5. The lowest BCUT2D eigenvalue weighted by Gasteiger charge is -2.39. The van der Waals surface area contributed by atoms with E-state index in [1.165, 1.54) is 6.42 Å². The minimum atomic E-state index is -0.548. The average molecular weight is 223 g/mol. The molecule has 0 amide bonds. The van der Waals surface area contributed by atoms with Gasteiger partial charge in [-0.25, -0.2) is 0 Å². The predicted molar refractivity (Wildman–Crippen MR) is 63.0 cm³/mol. The van der Waals surface area contributed by atoms with E-state index in [1.807, 2.05) is 13.0 Å². The summed E-state index contributed by atoms with van der Waals surface area (Å²) in [7, 11) is 0. The number of aliphatic hydroxyl groups is 1. The van der Waals surface area contributed by atoms with Crippen LogP contribution < -0.4 is 5.73 Å². The van der Waals surface area contributed by atoms with Gasteiger partial charge in [0.1, 0.15) is 11.9 Å². The molecule has 0 spiro atoms. The molecule has 3 N–H and O–H groups in total. The van der Waals surface area contributed by atoms with E-state index < -0.39 is 6.10 Å². The zero-order chi connectivity index (χ0) is 11.6. The summed E-state index contributed by atoms with van der Waals surface area (Å²) in [5.41, 5.74) is 6.75. The lowest BCUT2D eigenvalue weighted by atomic mass is 9.69. The van der Waals surface area contributed by atoms with Crippen molar-refractivity contribution in [1.82, 2.24) is 0 Å². The molecule has 0 radical (unpaired) electrons. The molecular formula is C13H21NO2. The number of hydrogen-bond donors (Lipinski definition) is 2. The molecule has 0 bridgehead atoms. The van der Waals surface area contributed by atoms with Crippen molar-refractivity contribution in [1.29, 1.82) is 0 Å². The highest BCUT2D eigenvalue weighted by molar-refractivity contribution is 5.19. The third kappa shape index (κ3) is 1.89. The molecule has 1 aliphatic carbocycles. The van der Waals surface area contributed by atoms with E-state index in [9.17, 15) is 5.11 Å². The highest BCUT2D eigenvalue weighted by Crippen LogP contribution is 2.45. The first-order chi connectivity index (χ1) is 7.69. The van der Waals surface area contributed by atoms with Gasteiger partial charge in [-0.3, -0.25) is 0 Å². The summed E-state index contributed by atoms with van der Waals surface area (Å²) in [6, 6.07) is 1.89. The normalized spacial score (nSPS) is 21.9. The maximum absolute atomic E-state index is 10.5. The Morgan fingerprint density at radius 2 is 2.12 bits per heavy atom. The van der Waals surface area contributed by atoms with E-state index in [1.54, 1.807) is 6.26 Å². The van der Waals surface area contributed by atoms with Gasteiger partial charge in [-0.15, -0.1) is 0 Å². The first-order valence-corrected chi connectivity index (χ1v) is 6.12. The Balaban J connectivity index is 2.24. The summed E-state index contributed by atoms with van der Waals surface area (Å²) < 4.78 is 5.40. The first-order valence-electron chi connectivity index (χ1n) is 6.12. The number of aliphatic hydroxyl groups excluding tert-OH is 1. The van der Waals surface area contributed by atoms with Crippen LogP contribution in [0.5, 0.6) is 0 Å². The molecule has 0 saturated heterocycles. The summed E-state index contributed by atoms with van der Waals surface area (Å²) in [6.07, 6.45) is 6.68. The van der Waals surface area contributed by atoms with Crippen LogP contribution in [0, 0.1) is 12.3 Å². The monoisotopic (exact) mass is 223 g/mol. The Labute approximate surface area is 96.6 Å². The minimum Gasteiger partial charge on any atom is -0.466 e. The van der Waals surface area contributed by atoms with Crippen LogP contribution in [-0.4, -0.2) is 11.7 Å². The van der Waals surface area contributed by atoms with Crippen LogP contribution >= 0.6 is 0 Å². The van der Waals surface area contributed by atoms with E-state index in [0.717, 1.165) is 31.2 Å². The van der Waals surface area contributed by atoms with Crippen LogP contribution in [0.4, 0.5) is 0 Å². The number of hydrogen-bond acceptors (Lipinski definition) is 3. The van der Waals surface area contributed by atoms with Gasteiger partial charge < -0.3 is 15.3 Å². The molecule has 1 fully saturated rings. The molecule has 1 aromatic heterocycles. The van der Waals surface area contributed by atoms with Crippen LogP contribution in [0.3, 0.4) is 0 Å². The fraction of sp³-hybridized carbons (Fsp3) is 0.692.